The third kappa shape index (κ3) is 4.19. The van der Waals surface area contributed by atoms with Crippen molar-refractivity contribution >= 4 is 44.1 Å². The van der Waals surface area contributed by atoms with Crippen LogP contribution in [0.25, 0.3) is 10.4 Å². The number of thiophene rings is 1. The van der Waals surface area contributed by atoms with E-state index < -0.39 is 0 Å². The minimum Gasteiger partial charge on any atom is -0.378 e. The fraction of sp³-hybridized carbons (Fsp3) is 0.217. The van der Waals surface area contributed by atoms with Gasteiger partial charge in [0.25, 0.3) is 11.8 Å². The summed E-state index contributed by atoms with van der Waals surface area (Å²) in [5.41, 5.74) is 2.98. The van der Waals surface area contributed by atoms with E-state index in [-0.39, 0.29) is 11.8 Å². The topological polar surface area (TPSA) is 58.6 Å². The van der Waals surface area contributed by atoms with Gasteiger partial charge in [0, 0.05) is 22.4 Å². The average Bonchev–Trinajstić information content (AvgIpc) is 3.10. The van der Waals surface area contributed by atoms with E-state index in [0.717, 1.165) is 16.0 Å². The van der Waals surface area contributed by atoms with Crippen LogP contribution in [0.5, 0.6) is 0 Å². The van der Waals surface area contributed by atoms with E-state index in [1.807, 2.05) is 55.5 Å². The number of carbonyl (C=O) groups excluding carboxylic acids is 2. The molecule has 4 rings (SSSR count). The lowest BCUT2D eigenvalue weighted by Crippen LogP contribution is -2.41. The molecule has 5 nitrogen and oxygen atoms in total. The highest BCUT2D eigenvalue weighted by Crippen LogP contribution is 2.41. The number of halogens is 1. The Labute approximate surface area is 187 Å². The maximum atomic E-state index is 13.4. The lowest BCUT2D eigenvalue weighted by Gasteiger charge is -2.27. The number of anilines is 1. The van der Waals surface area contributed by atoms with Gasteiger partial charge in [-0.1, -0.05) is 42.5 Å². The van der Waals surface area contributed by atoms with E-state index in [0.29, 0.717) is 46.9 Å². The molecule has 0 unspecified atom stereocenters. The van der Waals surface area contributed by atoms with Gasteiger partial charge in [-0.3, -0.25) is 9.59 Å². The lowest BCUT2D eigenvalue weighted by atomic mass is 10.1. The molecule has 2 heterocycles. The van der Waals surface area contributed by atoms with E-state index >= 15 is 0 Å². The predicted molar refractivity (Wildman–Crippen MR) is 123 cm³/mol. The zero-order valence-corrected chi connectivity index (χ0v) is 18.9. The molecule has 0 aliphatic carbocycles. The predicted octanol–water partition coefficient (Wildman–Crippen LogP) is 5.21. The Morgan fingerprint density at radius 3 is 2.40 bits per heavy atom. The second kappa shape index (κ2) is 9.12. The summed E-state index contributed by atoms with van der Waals surface area (Å²) in [4.78, 5) is 29.1. The molecule has 1 saturated heterocycles. The normalized spacial score (nSPS) is 13.9. The van der Waals surface area contributed by atoms with Gasteiger partial charge in [0.05, 0.1) is 24.3 Å². The Morgan fingerprint density at radius 2 is 1.70 bits per heavy atom. The number of morpholine rings is 1. The molecule has 0 saturated carbocycles. The molecule has 1 aromatic heterocycles. The minimum atomic E-state index is -0.251. The van der Waals surface area contributed by atoms with Gasteiger partial charge in [-0.25, -0.2) is 0 Å². The molecular formula is C23H21BrN2O3S. The average molecular weight is 485 g/mol. The van der Waals surface area contributed by atoms with Gasteiger partial charge >= 0.3 is 0 Å². The molecule has 0 spiro atoms. The van der Waals surface area contributed by atoms with Crippen molar-refractivity contribution in [1.29, 1.82) is 0 Å². The summed E-state index contributed by atoms with van der Waals surface area (Å²) in [7, 11) is 0. The summed E-state index contributed by atoms with van der Waals surface area (Å²) in [6, 6.07) is 17.2. The van der Waals surface area contributed by atoms with E-state index in [1.54, 1.807) is 11.0 Å². The van der Waals surface area contributed by atoms with Crippen molar-refractivity contribution in [3.8, 4) is 10.4 Å². The first kappa shape index (κ1) is 20.8. The zero-order valence-electron chi connectivity index (χ0n) is 16.5. The number of carbonyl (C=O) groups is 2. The lowest BCUT2D eigenvalue weighted by molar-refractivity contribution is 0.0303. The third-order valence-corrected chi connectivity index (χ3v) is 6.99. The Morgan fingerprint density at radius 1 is 1.03 bits per heavy atom. The van der Waals surface area contributed by atoms with Gasteiger partial charge < -0.3 is 15.0 Å². The van der Waals surface area contributed by atoms with Crippen molar-refractivity contribution in [3.05, 3.63) is 75.8 Å². The van der Waals surface area contributed by atoms with E-state index in [9.17, 15) is 9.59 Å². The van der Waals surface area contributed by atoms with Crippen LogP contribution in [-0.2, 0) is 4.74 Å². The van der Waals surface area contributed by atoms with Gasteiger partial charge in [0.15, 0.2) is 0 Å². The van der Waals surface area contributed by atoms with Crippen LogP contribution in [0.2, 0.25) is 0 Å². The molecule has 1 fully saturated rings. The molecular weight excluding hydrogens is 464 g/mol. The quantitative estimate of drug-likeness (QED) is 0.552. The van der Waals surface area contributed by atoms with Crippen molar-refractivity contribution in [1.82, 2.24) is 4.90 Å². The zero-order chi connectivity index (χ0) is 21.1. The highest BCUT2D eigenvalue weighted by Gasteiger charge is 2.28. The number of nitrogens with zero attached hydrogens (tertiary/aromatic N) is 1. The van der Waals surface area contributed by atoms with Gasteiger partial charge in [-0.15, -0.1) is 11.3 Å². The van der Waals surface area contributed by atoms with Crippen LogP contribution < -0.4 is 5.32 Å². The smallest absolute Gasteiger partial charge is 0.257 e. The number of hydrogen-bond donors (Lipinski definition) is 1. The van der Waals surface area contributed by atoms with Crippen molar-refractivity contribution in [2.24, 2.45) is 0 Å². The summed E-state index contributed by atoms with van der Waals surface area (Å²) < 4.78 is 6.10. The summed E-state index contributed by atoms with van der Waals surface area (Å²) in [6.07, 6.45) is 0. The van der Waals surface area contributed by atoms with Crippen LogP contribution in [0.1, 0.15) is 26.3 Å². The van der Waals surface area contributed by atoms with Crippen LogP contribution in [-0.4, -0.2) is 43.0 Å². The maximum Gasteiger partial charge on any atom is 0.257 e. The number of amides is 2. The number of hydrogen-bond acceptors (Lipinski definition) is 4. The molecule has 0 atom stereocenters. The monoisotopic (exact) mass is 484 g/mol. The van der Waals surface area contributed by atoms with Crippen LogP contribution in [0.15, 0.2) is 59.1 Å². The molecule has 154 valence electrons. The first-order valence-corrected chi connectivity index (χ1v) is 11.3. The van der Waals surface area contributed by atoms with Gasteiger partial charge in [-0.05, 0) is 46.1 Å². The Hall–Kier alpha value is -2.48. The van der Waals surface area contributed by atoms with Crippen LogP contribution in [0.4, 0.5) is 5.00 Å². The number of rotatable bonds is 4. The summed E-state index contributed by atoms with van der Waals surface area (Å²) in [5.74, 6) is -0.323. The molecule has 1 N–H and O–H groups in total. The number of benzene rings is 2. The second-order valence-electron chi connectivity index (χ2n) is 6.96. The van der Waals surface area contributed by atoms with Crippen molar-refractivity contribution in [2.45, 2.75) is 6.92 Å². The number of ether oxygens (including phenoxy) is 1. The molecule has 0 bridgehead atoms. The molecule has 30 heavy (non-hydrogen) atoms. The fourth-order valence-corrected chi connectivity index (χ4v) is 5.13. The SMILES string of the molecule is Cc1c(-c2ccccc2)sc(NC(=O)c2ccccc2Br)c1C(=O)N1CCOCC1. The first-order chi connectivity index (χ1) is 14.6. The highest BCUT2D eigenvalue weighted by molar-refractivity contribution is 9.10. The fourth-order valence-electron chi connectivity index (χ4n) is 3.46. The molecule has 7 heteroatoms. The minimum absolute atomic E-state index is 0.0725. The standard InChI is InChI=1S/C23H21BrN2O3S/c1-15-19(23(28)26-11-13-29-14-12-26)22(30-20(15)16-7-3-2-4-8-16)25-21(27)17-9-5-6-10-18(17)24/h2-10H,11-14H2,1H3,(H,25,27). The molecule has 0 radical (unpaired) electrons. The van der Waals surface area contributed by atoms with E-state index in [1.165, 1.54) is 11.3 Å². The van der Waals surface area contributed by atoms with Crippen LogP contribution in [0.3, 0.4) is 0 Å². The molecule has 1 aliphatic heterocycles. The second-order valence-corrected chi connectivity index (χ2v) is 8.84. The summed E-state index contributed by atoms with van der Waals surface area (Å²) >= 11 is 4.86. The van der Waals surface area contributed by atoms with Gasteiger partial charge in [0.2, 0.25) is 0 Å². The van der Waals surface area contributed by atoms with Gasteiger partial charge in [-0.2, -0.15) is 0 Å². The molecule has 1 aliphatic rings. The highest BCUT2D eigenvalue weighted by atomic mass is 79.9. The third-order valence-electron chi connectivity index (χ3n) is 5.04. The summed E-state index contributed by atoms with van der Waals surface area (Å²) in [5, 5.41) is 3.56. The van der Waals surface area contributed by atoms with Crippen molar-refractivity contribution in [2.75, 3.05) is 31.6 Å². The van der Waals surface area contributed by atoms with Crippen LogP contribution >= 0.6 is 27.3 Å². The van der Waals surface area contributed by atoms with Crippen molar-refractivity contribution in [3.63, 3.8) is 0 Å². The Kier molecular flexibility index (Phi) is 6.32. The Bertz CT molecular complexity index is 1080. The van der Waals surface area contributed by atoms with Gasteiger partial charge in [0.1, 0.15) is 5.00 Å². The van der Waals surface area contributed by atoms with Crippen LogP contribution in [0, 0.1) is 6.92 Å². The first-order valence-electron chi connectivity index (χ1n) is 9.68. The number of nitrogens with one attached hydrogen (secondary N) is 1. The molecule has 2 amide bonds. The Balaban J connectivity index is 1.75. The van der Waals surface area contributed by atoms with E-state index in [4.69, 9.17) is 4.74 Å². The largest absolute Gasteiger partial charge is 0.378 e. The molecule has 2 aromatic carbocycles. The van der Waals surface area contributed by atoms with E-state index in [2.05, 4.69) is 21.2 Å². The molecule has 3 aromatic rings. The van der Waals surface area contributed by atoms with Crippen molar-refractivity contribution < 1.29 is 14.3 Å². The maximum absolute atomic E-state index is 13.4. The summed E-state index contributed by atoms with van der Waals surface area (Å²) in [6.45, 7) is 4.09.